The largest absolute Gasteiger partial charge is 0.497 e. The van der Waals surface area contributed by atoms with E-state index >= 15 is 0 Å². The van der Waals surface area contributed by atoms with Crippen molar-refractivity contribution in [2.45, 2.75) is 24.9 Å². The number of hydrogen-bond acceptors (Lipinski definition) is 4. The maximum absolute atomic E-state index is 5.27. The topological polar surface area (TPSA) is 42.3 Å². The second-order valence-electron chi connectivity index (χ2n) is 6.55. The van der Waals surface area contributed by atoms with Crippen LogP contribution in [-0.2, 0) is 12.1 Å². The van der Waals surface area contributed by atoms with Crippen LogP contribution in [0, 0.1) is 0 Å². The first-order chi connectivity index (χ1) is 11.2. The lowest BCUT2D eigenvalue weighted by Crippen LogP contribution is -2.55. The Morgan fingerprint density at radius 3 is 2.57 bits per heavy atom. The molecule has 0 amide bonds. The Balaban J connectivity index is 1.76. The molecule has 1 saturated heterocycles. The molecule has 5 heteroatoms. The van der Waals surface area contributed by atoms with Crippen LogP contribution in [0.3, 0.4) is 0 Å². The summed E-state index contributed by atoms with van der Waals surface area (Å²) in [6, 6.07) is 8.28. The van der Waals surface area contributed by atoms with Gasteiger partial charge in [0.2, 0.25) is 0 Å². The SMILES string of the molecule is COc1ccc(-c2cnc3n2CCN(C)C32CCNCC2)cc1. The summed E-state index contributed by atoms with van der Waals surface area (Å²) in [5, 5.41) is 3.48. The maximum atomic E-state index is 5.27. The van der Waals surface area contributed by atoms with Crippen molar-refractivity contribution >= 4 is 0 Å². The molecule has 3 heterocycles. The molecule has 1 spiro atoms. The van der Waals surface area contributed by atoms with Crippen molar-refractivity contribution in [3.05, 3.63) is 36.3 Å². The maximum Gasteiger partial charge on any atom is 0.129 e. The number of methoxy groups -OCH3 is 1. The molecule has 0 saturated carbocycles. The van der Waals surface area contributed by atoms with E-state index in [0.29, 0.717) is 0 Å². The van der Waals surface area contributed by atoms with E-state index in [1.54, 1.807) is 7.11 Å². The van der Waals surface area contributed by atoms with E-state index in [2.05, 4.69) is 34.0 Å². The van der Waals surface area contributed by atoms with Crippen LogP contribution in [0.25, 0.3) is 11.3 Å². The second kappa shape index (κ2) is 5.65. The minimum atomic E-state index is 0.0915. The molecular formula is C18H24N4O. The van der Waals surface area contributed by atoms with Gasteiger partial charge in [0.1, 0.15) is 11.6 Å². The van der Waals surface area contributed by atoms with Gasteiger partial charge in [-0.2, -0.15) is 0 Å². The molecule has 2 aromatic rings. The fraction of sp³-hybridized carbons (Fsp3) is 0.500. The van der Waals surface area contributed by atoms with Crippen molar-refractivity contribution in [3.8, 4) is 17.0 Å². The predicted octanol–water partition coefficient (Wildman–Crippen LogP) is 2.08. The van der Waals surface area contributed by atoms with Gasteiger partial charge in [0, 0.05) is 18.7 Å². The lowest BCUT2D eigenvalue weighted by atomic mass is 9.84. The lowest BCUT2D eigenvalue weighted by Gasteiger charge is -2.47. The molecule has 0 aliphatic carbocycles. The van der Waals surface area contributed by atoms with Crippen molar-refractivity contribution in [3.63, 3.8) is 0 Å². The van der Waals surface area contributed by atoms with Gasteiger partial charge in [-0.05, 0) is 57.2 Å². The summed E-state index contributed by atoms with van der Waals surface area (Å²) in [5.41, 5.74) is 2.51. The van der Waals surface area contributed by atoms with Crippen molar-refractivity contribution in [2.75, 3.05) is 33.8 Å². The monoisotopic (exact) mass is 312 g/mol. The van der Waals surface area contributed by atoms with Crippen LogP contribution in [0.5, 0.6) is 5.75 Å². The van der Waals surface area contributed by atoms with Crippen LogP contribution in [-0.4, -0.2) is 48.2 Å². The van der Waals surface area contributed by atoms with Crippen molar-refractivity contribution in [2.24, 2.45) is 0 Å². The van der Waals surface area contributed by atoms with Crippen molar-refractivity contribution in [1.82, 2.24) is 19.8 Å². The highest BCUT2D eigenvalue weighted by Gasteiger charge is 2.44. The molecule has 0 radical (unpaired) electrons. The van der Waals surface area contributed by atoms with Crippen LogP contribution in [0.4, 0.5) is 0 Å². The Labute approximate surface area is 137 Å². The Hall–Kier alpha value is -1.85. The van der Waals surface area contributed by atoms with Gasteiger partial charge >= 0.3 is 0 Å². The zero-order valence-corrected chi connectivity index (χ0v) is 13.9. The molecule has 122 valence electrons. The number of benzene rings is 1. The van der Waals surface area contributed by atoms with Gasteiger partial charge in [-0.3, -0.25) is 4.90 Å². The standard InChI is InChI=1S/C18H24N4O/c1-21-11-12-22-16(14-3-5-15(23-2)6-4-14)13-20-17(22)18(21)7-9-19-10-8-18/h3-6,13,19H,7-12H2,1-2H3. The number of hydrogen-bond donors (Lipinski definition) is 1. The first-order valence-corrected chi connectivity index (χ1v) is 8.37. The van der Waals surface area contributed by atoms with Crippen LogP contribution >= 0.6 is 0 Å². The van der Waals surface area contributed by atoms with E-state index in [1.165, 1.54) is 17.1 Å². The molecule has 1 fully saturated rings. The zero-order valence-electron chi connectivity index (χ0n) is 13.9. The second-order valence-corrected chi connectivity index (χ2v) is 6.55. The molecule has 0 unspecified atom stereocenters. The molecule has 2 aliphatic rings. The number of piperidine rings is 1. The Kier molecular flexibility index (Phi) is 3.62. The van der Waals surface area contributed by atoms with E-state index in [0.717, 1.165) is 44.8 Å². The molecule has 1 N–H and O–H groups in total. The van der Waals surface area contributed by atoms with E-state index in [4.69, 9.17) is 9.72 Å². The molecule has 0 bridgehead atoms. The lowest BCUT2D eigenvalue weighted by molar-refractivity contribution is 0.0440. The predicted molar refractivity (Wildman–Crippen MR) is 90.6 cm³/mol. The van der Waals surface area contributed by atoms with Gasteiger partial charge in [0.25, 0.3) is 0 Å². The fourth-order valence-electron chi connectivity index (χ4n) is 4.05. The van der Waals surface area contributed by atoms with Crippen LogP contribution in [0.1, 0.15) is 18.7 Å². The summed E-state index contributed by atoms with van der Waals surface area (Å²) < 4.78 is 7.69. The van der Waals surface area contributed by atoms with Crippen LogP contribution in [0.15, 0.2) is 30.5 Å². The zero-order chi connectivity index (χ0) is 15.9. The number of fused-ring (bicyclic) bond motifs is 2. The number of imidazole rings is 1. The third-order valence-corrected chi connectivity index (χ3v) is 5.48. The van der Waals surface area contributed by atoms with Crippen molar-refractivity contribution in [1.29, 1.82) is 0 Å². The average molecular weight is 312 g/mol. The Bertz CT molecular complexity index is 686. The molecular weight excluding hydrogens is 288 g/mol. The molecule has 0 atom stereocenters. The Morgan fingerprint density at radius 1 is 1.13 bits per heavy atom. The highest BCUT2D eigenvalue weighted by Crippen LogP contribution is 2.40. The molecule has 4 rings (SSSR count). The van der Waals surface area contributed by atoms with Gasteiger partial charge in [-0.1, -0.05) is 0 Å². The average Bonchev–Trinajstić information content (AvgIpc) is 3.04. The molecule has 5 nitrogen and oxygen atoms in total. The summed E-state index contributed by atoms with van der Waals surface area (Å²) >= 11 is 0. The van der Waals surface area contributed by atoms with Gasteiger partial charge in [-0.25, -0.2) is 4.98 Å². The van der Waals surface area contributed by atoms with Gasteiger partial charge in [0.05, 0.1) is 24.5 Å². The summed E-state index contributed by atoms with van der Waals surface area (Å²) in [7, 11) is 3.95. The van der Waals surface area contributed by atoms with Gasteiger partial charge in [0.15, 0.2) is 0 Å². The number of likely N-dealkylation sites (N-methyl/N-ethyl adjacent to an activating group) is 1. The molecule has 1 aromatic heterocycles. The number of rotatable bonds is 2. The number of ether oxygens (including phenoxy) is 1. The summed E-state index contributed by atoms with van der Waals surface area (Å²) in [4.78, 5) is 7.37. The number of nitrogens with zero attached hydrogens (tertiary/aromatic N) is 3. The summed E-state index contributed by atoms with van der Waals surface area (Å²) in [5.74, 6) is 2.13. The number of aromatic nitrogens is 2. The highest BCUT2D eigenvalue weighted by atomic mass is 16.5. The normalized spacial score (nSPS) is 20.4. The van der Waals surface area contributed by atoms with Gasteiger partial charge < -0.3 is 14.6 Å². The molecule has 1 aromatic carbocycles. The van der Waals surface area contributed by atoms with Crippen molar-refractivity contribution < 1.29 is 4.74 Å². The number of nitrogens with one attached hydrogen (secondary N) is 1. The van der Waals surface area contributed by atoms with E-state index in [9.17, 15) is 0 Å². The van der Waals surface area contributed by atoms with Crippen LogP contribution in [0.2, 0.25) is 0 Å². The van der Waals surface area contributed by atoms with E-state index < -0.39 is 0 Å². The van der Waals surface area contributed by atoms with Gasteiger partial charge in [-0.15, -0.1) is 0 Å². The van der Waals surface area contributed by atoms with E-state index in [1.807, 2.05) is 18.3 Å². The minimum absolute atomic E-state index is 0.0915. The summed E-state index contributed by atoms with van der Waals surface area (Å²) in [6.07, 6.45) is 4.30. The smallest absolute Gasteiger partial charge is 0.129 e. The first-order valence-electron chi connectivity index (χ1n) is 8.37. The Morgan fingerprint density at radius 2 is 1.87 bits per heavy atom. The van der Waals surface area contributed by atoms with Crippen LogP contribution < -0.4 is 10.1 Å². The summed E-state index contributed by atoms with van der Waals surface area (Å²) in [6.45, 7) is 4.21. The molecule has 23 heavy (non-hydrogen) atoms. The minimum Gasteiger partial charge on any atom is -0.497 e. The fourth-order valence-corrected chi connectivity index (χ4v) is 4.05. The quantitative estimate of drug-likeness (QED) is 0.922. The molecule has 2 aliphatic heterocycles. The third-order valence-electron chi connectivity index (χ3n) is 5.48. The highest BCUT2D eigenvalue weighted by molar-refractivity contribution is 5.61. The first kappa shape index (κ1) is 14.7. The van der Waals surface area contributed by atoms with E-state index in [-0.39, 0.29) is 5.54 Å². The third kappa shape index (κ3) is 2.26.